The Morgan fingerprint density at radius 3 is 2.38 bits per heavy atom. The van der Waals surface area contributed by atoms with Gasteiger partial charge in [-0.15, -0.1) is 0 Å². The maximum atomic E-state index is 12.4. The number of carbonyl (C=O) groups excluding carboxylic acids is 2. The lowest BCUT2D eigenvalue weighted by atomic mass is 10.0. The number of aromatic nitrogens is 1. The van der Waals surface area contributed by atoms with Crippen molar-refractivity contribution in [1.29, 1.82) is 0 Å². The Labute approximate surface area is 153 Å². The van der Waals surface area contributed by atoms with Gasteiger partial charge in [-0.2, -0.15) is 0 Å². The number of hydrogen-bond donors (Lipinski definition) is 2. The van der Waals surface area contributed by atoms with Crippen LogP contribution in [0.5, 0.6) is 0 Å². The van der Waals surface area contributed by atoms with Crippen LogP contribution in [0.15, 0.2) is 54.9 Å². The fourth-order valence-electron chi connectivity index (χ4n) is 3.10. The molecular weight excluding hydrogens is 328 g/mol. The lowest BCUT2D eigenvalue weighted by molar-refractivity contribution is 0.0917. The molecule has 0 aliphatic carbocycles. The monoisotopic (exact) mass is 352 g/mol. The summed E-state index contributed by atoms with van der Waals surface area (Å²) < 4.78 is 0. The summed E-state index contributed by atoms with van der Waals surface area (Å²) in [5.41, 5.74) is 1.69. The van der Waals surface area contributed by atoms with Crippen LogP contribution in [0.25, 0.3) is 0 Å². The van der Waals surface area contributed by atoms with Gasteiger partial charge in [0.2, 0.25) is 0 Å². The molecule has 1 aromatic carbocycles. The lowest BCUT2D eigenvalue weighted by Gasteiger charge is -2.33. The molecule has 6 nitrogen and oxygen atoms in total. The van der Waals surface area contributed by atoms with Crippen molar-refractivity contribution >= 4 is 11.9 Å². The average molecular weight is 352 g/mol. The zero-order valence-corrected chi connectivity index (χ0v) is 14.9. The number of nitrogens with zero attached hydrogens (tertiary/aromatic N) is 2. The fraction of sp³-hybridized carbons (Fsp3) is 0.350. The van der Waals surface area contributed by atoms with E-state index in [0.717, 1.165) is 18.4 Å². The molecule has 2 heterocycles. The minimum absolute atomic E-state index is 0.0557. The van der Waals surface area contributed by atoms with Crippen LogP contribution < -0.4 is 10.6 Å². The highest BCUT2D eigenvalue weighted by Gasteiger charge is 2.25. The summed E-state index contributed by atoms with van der Waals surface area (Å²) in [5.74, 6) is -0.0557. The topological polar surface area (TPSA) is 74.3 Å². The first-order valence-corrected chi connectivity index (χ1v) is 8.95. The highest BCUT2D eigenvalue weighted by atomic mass is 16.2. The number of amides is 3. The van der Waals surface area contributed by atoms with Crippen LogP contribution in [0.2, 0.25) is 0 Å². The summed E-state index contributed by atoms with van der Waals surface area (Å²) in [7, 11) is 0. The molecule has 0 saturated carbocycles. The van der Waals surface area contributed by atoms with Crippen molar-refractivity contribution in [3.8, 4) is 0 Å². The van der Waals surface area contributed by atoms with Crippen molar-refractivity contribution in [2.24, 2.45) is 0 Å². The molecule has 26 heavy (non-hydrogen) atoms. The second-order valence-electron chi connectivity index (χ2n) is 6.55. The molecule has 0 spiro atoms. The van der Waals surface area contributed by atoms with Gasteiger partial charge in [-0.3, -0.25) is 9.78 Å². The van der Waals surface area contributed by atoms with E-state index in [1.165, 1.54) is 0 Å². The molecule has 0 bridgehead atoms. The van der Waals surface area contributed by atoms with Crippen LogP contribution in [0.1, 0.15) is 41.7 Å². The molecule has 2 aromatic rings. The highest BCUT2D eigenvalue weighted by molar-refractivity contribution is 5.94. The third kappa shape index (κ3) is 4.59. The molecule has 1 aliphatic rings. The largest absolute Gasteiger partial charge is 0.349 e. The number of hydrogen-bond acceptors (Lipinski definition) is 3. The second kappa shape index (κ2) is 8.47. The van der Waals surface area contributed by atoms with E-state index in [2.05, 4.69) is 15.6 Å². The summed E-state index contributed by atoms with van der Waals surface area (Å²) >= 11 is 0. The number of rotatable bonds is 4. The highest BCUT2D eigenvalue weighted by Crippen LogP contribution is 2.14. The molecular formula is C20H24N4O2. The summed E-state index contributed by atoms with van der Waals surface area (Å²) in [6.45, 7) is 3.23. The van der Waals surface area contributed by atoms with Crippen molar-refractivity contribution < 1.29 is 9.59 Å². The molecule has 3 rings (SSSR count). The maximum absolute atomic E-state index is 12.4. The van der Waals surface area contributed by atoms with Gasteiger partial charge in [-0.1, -0.05) is 18.2 Å². The van der Waals surface area contributed by atoms with Crippen molar-refractivity contribution in [3.63, 3.8) is 0 Å². The maximum Gasteiger partial charge on any atom is 0.317 e. The van der Waals surface area contributed by atoms with Gasteiger partial charge in [0.25, 0.3) is 5.91 Å². The predicted octanol–water partition coefficient (Wildman–Crippen LogP) is 2.75. The lowest BCUT2D eigenvalue weighted by Crippen LogP contribution is -2.49. The quantitative estimate of drug-likeness (QED) is 0.888. The first-order valence-electron chi connectivity index (χ1n) is 8.95. The molecule has 1 fully saturated rings. The van der Waals surface area contributed by atoms with Gasteiger partial charge in [0.05, 0.1) is 6.04 Å². The fourth-order valence-corrected chi connectivity index (χ4v) is 3.10. The van der Waals surface area contributed by atoms with E-state index in [9.17, 15) is 9.59 Å². The van der Waals surface area contributed by atoms with Crippen LogP contribution in [0.3, 0.4) is 0 Å². The van der Waals surface area contributed by atoms with Crippen LogP contribution in [0.4, 0.5) is 4.79 Å². The van der Waals surface area contributed by atoms with E-state index in [0.29, 0.717) is 18.7 Å². The molecule has 1 atom stereocenters. The van der Waals surface area contributed by atoms with Crippen molar-refractivity contribution in [3.05, 3.63) is 66.0 Å². The van der Waals surface area contributed by atoms with Crippen molar-refractivity contribution in [1.82, 2.24) is 20.5 Å². The number of pyridine rings is 1. The molecule has 1 aromatic heterocycles. The predicted molar refractivity (Wildman–Crippen MR) is 99.7 cm³/mol. The Balaban J connectivity index is 1.46. The summed E-state index contributed by atoms with van der Waals surface area (Å²) in [6, 6.07) is 13.0. The van der Waals surface area contributed by atoms with Gasteiger partial charge in [0.1, 0.15) is 0 Å². The van der Waals surface area contributed by atoms with E-state index in [-0.39, 0.29) is 24.0 Å². The molecule has 0 radical (unpaired) electrons. The molecule has 1 aliphatic heterocycles. The van der Waals surface area contributed by atoms with Crippen molar-refractivity contribution in [2.45, 2.75) is 31.8 Å². The van der Waals surface area contributed by atoms with Gasteiger partial charge in [0, 0.05) is 37.1 Å². The van der Waals surface area contributed by atoms with E-state index < -0.39 is 0 Å². The molecule has 1 unspecified atom stereocenters. The van der Waals surface area contributed by atoms with E-state index in [4.69, 9.17) is 0 Å². The Morgan fingerprint density at radius 1 is 1.08 bits per heavy atom. The first-order chi connectivity index (χ1) is 12.6. The molecule has 6 heteroatoms. The van der Waals surface area contributed by atoms with Gasteiger partial charge >= 0.3 is 6.03 Å². The summed E-state index contributed by atoms with van der Waals surface area (Å²) in [4.78, 5) is 30.5. The van der Waals surface area contributed by atoms with Gasteiger partial charge in [-0.25, -0.2) is 4.79 Å². The smallest absolute Gasteiger partial charge is 0.317 e. The zero-order chi connectivity index (χ0) is 18.4. The zero-order valence-electron chi connectivity index (χ0n) is 14.9. The Kier molecular flexibility index (Phi) is 5.84. The number of carbonyl (C=O) groups is 2. The van der Waals surface area contributed by atoms with E-state index in [1.54, 1.807) is 24.5 Å². The minimum Gasteiger partial charge on any atom is -0.349 e. The number of piperidine rings is 1. The SMILES string of the molecule is CC(NC(=O)N1CCC(NC(=O)c2ccccc2)CC1)c1ccncc1. The van der Waals surface area contributed by atoms with Gasteiger partial charge in [0.15, 0.2) is 0 Å². The summed E-state index contributed by atoms with van der Waals surface area (Å²) in [5, 5.41) is 6.08. The van der Waals surface area contributed by atoms with E-state index in [1.807, 2.05) is 42.2 Å². The number of urea groups is 1. The number of likely N-dealkylation sites (tertiary alicyclic amines) is 1. The van der Waals surface area contributed by atoms with Crippen LogP contribution >= 0.6 is 0 Å². The summed E-state index contributed by atoms with van der Waals surface area (Å²) in [6.07, 6.45) is 4.96. The van der Waals surface area contributed by atoms with Crippen LogP contribution in [-0.4, -0.2) is 41.0 Å². The standard InChI is InChI=1S/C20H24N4O2/c1-15(16-7-11-21-12-8-16)22-20(26)24-13-9-18(10-14-24)23-19(25)17-5-3-2-4-6-17/h2-8,11-12,15,18H,9-10,13-14H2,1H3,(H,22,26)(H,23,25). The Bertz CT molecular complexity index is 728. The molecule has 2 N–H and O–H groups in total. The Morgan fingerprint density at radius 2 is 1.73 bits per heavy atom. The van der Waals surface area contributed by atoms with Crippen molar-refractivity contribution in [2.75, 3.05) is 13.1 Å². The van der Waals surface area contributed by atoms with Crippen LogP contribution in [-0.2, 0) is 0 Å². The van der Waals surface area contributed by atoms with Gasteiger partial charge < -0.3 is 15.5 Å². The first kappa shape index (κ1) is 17.9. The minimum atomic E-state index is -0.0685. The average Bonchev–Trinajstić information content (AvgIpc) is 2.69. The Hall–Kier alpha value is -2.89. The molecule has 1 saturated heterocycles. The molecule has 3 amide bonds. The number of benzene rings is 1. The van der Waals surface area contributed by atoms with Gasteiger partial charge in [-0.05, 0) is 49.6 Å². The third-order valence-electron chi connectivity index (χ3n) is 4.70. The second-order valence-corrected chi connectivity index (χ2v) is 6.55. The molecule has 136 valence electrons. The third-order valence-corrected chi connectivity index (χ3v) is 4.70. The normalized spacial score (nSPS) is 16.0. The number of nitrogens with one attached hydrogen (secondary N) is 2. The van der Waals surface area contributed by atoms with E-state index >= 15 is 0 Å². The van der Waals surface area contributed by atoms with Crippen LogP contribution in [0, 0.1) is 0 Å².